The van der Waals surface area contributed by atoms with Crippen molar-refractivity contribution in [1.82, 2.24) is 15.2 Å². The molecule has 10 heteroatoms. The number of carbonyl (C=O) groups excluding carboxylic acids is 1. The van der Waals surface area contributed by atoms with Gasteiger partial charge in [0.1, 0.15) is 6.04 Å². The lowest BCUT2D eigenvalue weighted by Gasteiger charge is -2.30. The molecule has 2 atom stereocenters. The number of carbonyl (C=O) groups is 1. The maximum absolute atomic E-state index is 12.9. The molecule has 1 fully saturated rings. The van der Waals surface area contributed by atoms with Crippen LogP contribution in [0.3, 0.4) is 0 Å². The van der Waals surface area contributed by atoms with Crippen molar-refractivity contribution < 1.29 is 22.9 Å². The Kier molecular flexibility index (Phi) is 4.89. The third-order valence-electron chi connectivity index (χ3n) is 4.12. The fraction of sp³-hybridized carbons (Fsp3) is 0.235. The fourth-order valence-electron chi connectivity index (χ4n) is 2.80. The van der Waals surface area contributed by atoms with E-state index in [9.17, 15) is 28.1 Å². The number of non-ortho nitro benzene ring substituents is 1. The van der Waals surface area contributed by atoms with Crippen LogP contribution in [0.1, 0.15) is 12.1 Å². The van der Waals surface area contributed by atoms with Gasteiger partial charge in [-0.15, -0.1) is 0 Å². The van der Waals surface area contributed by atoms with Gasteiger partial charge in [0.05, 0.1) is 11.0 Å². The molecule has 142 valence electrons. The standard InChI is InChI=1S/C17H15F3N4O3/c18-17(19,20)15-10-11(21-16(25)22-15)3-4-12-2-1-9-23(12)13-5-7-14(8-6-13)24(26)27/h1-9,11,15H,10H2,(H2,21,22,25)/b4-3-. The number of nitro groups is 1. The van der Waals surface area contributed by atoms with Crippen LogP contribution in [0.15, 0.2) is 48.7 Å². The summed E-state index contributed by atoms with van der Waals surface area (Å²) in [6.07, 6.45) is -0.00696. The first-order valence-electron chi connectivity index (χ1n) is 7.98. The van der Waals surface area contributed by atoms with Gasteiger partial charge < -0.3 is 15.2 Å². The highest BCUT2D eigenvalue weighted by atomic mass is 19.4. The molecule has 2 amide bonds. The largest absolute Gasteiger partial charge is 0.408 e. The van der Waals surface area contributed by atoms with Crippen molar-refractivity contribution in [3.05, 3.63) is 64.5 Å². The zero-order chi connectivity index (χ0) is 19.6. The Morgan fingerprint density at radius 3 is 2.52 bits per heavy atom. The van der Waals surface area contributed by atoms with Gasteiger partial charge in [0.15, 0.2) is 0 Å². The Morgan fingerprint density at radius 1 is 1.19 bits per heavy atom. The molecule has 3 rings (SSSR count). The van der Waals surface area contributed by atoms with E-state index >= 15 is 0 Å². The highest BCUT2D eigenvalue weighted by Gasteiger charge is 2.44. The van der Waals surface area contributed by atoms with Crippen LogP contribution in [-0.4, -0.2) is 33.8 Å². The summed E-state index contributed by atoms with van der Waals surface area (Å²) in [5.74, 6) is 0. The van der Waals surface area contributed by atoms with Gasteiger partial charge in [0.25, 0.3) is 5.69 Å². The average Bonchev–Trinajstić information content (AvgIpc) is 3.07. The highest BCUT2D eigenvalue weighted by Crippen LogP contribution is 2.26. The summed E-state index contributed by atoms with van der Waals surface area (Å²) in [4.78, 5) is 21.7. The normalized spacial score (nSPS) is 20.3. The molecule has 1 aromatic carbocycles. The molecule has 1 aliphatic heterocycles. The van der Waals surface area contributed by atoms with Gasteiger partial charge in [0.2, 0.25) is 0 Å². The summed E-state index contributed by atoms with van der Waals surface area (Å²) in [7, 11) is 0. The zero-order valence-electron chi connectivity index (χ0n) is 13.8. The van der Waals surface area contributed by atoms with Gasteiger partial charge in [-0.3, -0.25) is 10.1 Å². The maximum Gasteiger partial charge on any atom is 0.408 e. The number of hydrogen-bond acceptors (Lipinski definition) is 3. The van der Waals surface area contributed by atoms with Crippen LogP contribution in [0.2, 0.25) is 0 Å². The van der Waals surface area contributed by atoms with Gasteiger partial charge in [-0.1, -0.05) is 6.08 Å². The number of alkyl halides is 3. The summed E-state index contributed by atoms with van der Waals surface area (Å²) in [6, 6.07) is 5.80. The van der Waals surface area contributed by atoms with Crippen LogP contribution in [0, 0.1) is 10.1 Å². The number of halogens is 3. The second-order valence-electron chi connectivity index (χ2n) is 5.99. The van der Waals surface area contributed by atoms with Gasteiger partial charge >= 0.3 is 12.2 Å². The van der Waals surface area contributed by atoms with Crippen molar-refractivity contribution in [2.24, 2.45) is 0 Å². The minimum Gasteiger partial charge on any atom is -0.332 e. The molecule has 0 saturated carbocycles. The minimum atomic E-state index is -4.51. The molecule has 0 aliphatic carbocycles. The van der Waals surface area contributed by atoms with Crippen LogP contribution in [0.25, 0.3) is 11.8 Å². The minimum absolute atomic E-state index is 0.0430. The molecule has 7 nitrogen and oxygen atoms in total. The molecule has 1 aliphatic rings. The highest BCUT2D eigenvalue weighted by molar-refractivity contribution is 5.76. The quantitative estimate of drug-likeness (QED) is 0.629. The monoisotopic (exact) mass is 380 g/mol. The Morgan fingerprint density at radius 2 is 1.89 bits per heavy atom. The number of rotatable bonds is 4. The van der Waals surface area contributed by atoms with Gasteiger partial charge in [-0.25, -0.2) is 4.79 Å². The van der Waals surface area contributed by atoms with E-state index in [0.717, 1.165) is 0 Å². The average molecular weight is 380 g/mol. The topological polar surface area (TPSA) is 89.2 Å². The van der Waals surface area contributed by atoms with Crippen LogP contribution in [-0.2, 0) is 0 Å². The number of amides is 2. The van der Waals surface area contributed by atoms with Gasteiger partial charge in [-0.05, 0) is 30.3 Å². The number of benzene rings is 1. The third-order valence-corrected chi connectivity index (χ3v) is 4.12. The number of nitro benzene ring substituents is 1. The Hall–Kier alpha value is -3.30. The molecule has 2 N–H and O–H groups in total. The summed E-state index contributed by atoms with van der Waals surface area (Å²) in [5.41, 5.74) is 1.27. The lowest BCUT2D eigenvalue weighted by Crippen LogP contribution is -2.58. The lowest BCUT2D eigenvalue weighted by atomic mass is 10.0. The predicted octanol–water partition coefficient (Wildman–Crippen LogP) is 3.40. The van der Waals surface area contributed by atoms with Gasteiger partial charge in [0, 0.05) is 36.1 Å². The lowest BCUT2D eigenvalue weighted by molar-refractivity contribution is -0.384. The molecule has 27 heavy (non-hydrogen) atoms. The van der Waals surface area contributed by atoms with E-state index in [-0.39, 0.29) is 12.1 Å². The molecule has 2 unspecified atom stereocenters. The van der Waals surface area contributed by atoms with Crippen molar-refractivity contribution in [3.63, 3.8) is 0 Å². The summed E-state index contributed by atoms with van der Waals surface area (Å²) < 4.78 is 40.3. The Balaban J connectivity index is 1.78. The molecule has 0 radical (unpaired) electrons. The maximum atomic E-state index is 12.9. The Labute approximate surface area is 151 Å². The number of nitrogens with zero attached hydrogens (tertiary/aromatic N) is 2. The van der Waals surface area contributed by atoms with Gasteiger partial charge in [-0.2, -0.15) is 13.2 Å². The van der Waals surface area contributed by atoms with Crippen molar-refractivity contribution >= 4 is 17.8 Å². The number of urea groups is 1. The first-order chi connectivity index (χ1) is 12.7. The molecule has 1 aromatic heterocycles. The predicted molar refractivity (Wildman–Crippen MR) is 91.4 cm³/mol. The molecule has 2 aromatic rings. The molecule has 0 spiro atoms. The molecule has 0 bridgehead atoms. The molecular formula is C17H15F3N4O3. The molecular weight excluding hydrogens is 365 g/mol. The van der Waals surface area contributed by atoms with E-state index in [1.807, 2.05) is 5.32 Å². The van der Waals surface area contributed by atoms with Crippen LogP contribution in [0.4, 0.5) is 23.7 Å². The molecule has 1 saturated heterocycles. The number of nitrogens with one attached hydrogen (secondary N) is 2. The summed E-state index contributed by atoms with van der Waals surface area (Å²) in [5, 5.41) is 15.0. The second kappa shape index (κ2) is 7.14. The van der Waals surface area contributed by atoms with E-state index in [0.29, 0.717) is 11.4 Å². The van der Waals surface area contributed by atoms with Crippen LogP contribution >= 0.6 is 0 Å². The smallest absolute Gasteiger partial charge is 0.332 e. The van der Waals surface area contributed by atoms with E-state index in [2.05, 4.69) is 5.32 Å². The Bertz CT molecular complexity index is 874. The van der Waals surface area contributed by atoms with Crippen LogP contribution < -0.4 is 10.6 Å². The summed E-state index contributed by atoms with van der Waals surface area (Å²) in [6.45, 7) is 0. The first-order valence-corrected chi connectivity index (χ1v) is 7.98. The van der Waals surface area contributed by atoms with Crippen molar-refractivity contribution in [2.45, 2.75) is 24.7 Å². The zero-order valence-corrected chi connectivity index (χ0v) is 13.8. The van der Waals surface area contributed by atoms with E-state index in [4.69, 9.17) is 0 Å². The van der Waals surface area contributed by atoms with Crippen LogP contribution in [0.5, 0.6) is 0 Å². The van der Waals surface area contributed by atoms with Crippen molar-refractivity contribution in [3.8, 4) is 5.69 Å². The van der Waals surface area contributed by atoms with E-state index < -0.39 is 29.2 Å². The summed E-state index contributed by atoms with van der Waals surface area (Å²) >= 11 is 0. The molecule has 2 heterocycles. The van der Waals surface area contributed by atoms with Crippen molar-refractivity contribution in [1.29, 1.82) is 0 Å². The van der Waals surface area contributed by atoms with E-state index in [1.165, 1.54) is 18.2 Å². The van der Waals surface area contributed by atoms with Crippen molar-refractivity contribution in [2.75, 3.05) is 0 Å². The number of aromatic nitrogens is 1. The number of hydrogen-bond donors (Lipinski definition) is 2. The third kappa shape index (κ3) is 4.27. The van der Waals surface area contributed by atoms with E-state index in [1.54, 1.807) is 41.1 Å². The first kappa shape index (κ1) is 18.5. The second-order valence-corrected chi connectivity index (χ2v) is 5.99. The SMILES string of the molecule is O=C1NC(/C=C\c2cccn2-c2ccc([N+](=O)[O-])cc2)CC(C(F)(F)F)N1. The fourth-order valence-corrected chi connectivity index (χ4v) is 2.80.